The van der Waals surface area contributed by atoms with Crippen LogP contribution in [0.2, 0.25) is 0 Å². The zero-order chi connectivity index (χ0) is 15.4. The van der Waals surface area contributed by atoms with Crippen LogP contribution in [0.15, 0.2) is 43.0 Å². The summed E-state index contributed by atoms with van der Waals surface area (Å²) >= 11 is 0. The average Bonchev–Trinajstić information content (AvgIpc) is 3.02. The lowest BCUT2D eigenvalue weighted by atomic mass is 9.92. The number of aliphatic hydroxyl groups excluding tert-OH is 1. The van der Waals surface area contributed by atoms with Crippen molar-refractivity contribution in [3.63, 3.8) is 0 Å². The number of nitrogens with zero attached hydrogens (tertiary/aromatic N) is 2. The van der Waals surface area contributed by atoms with Crippen molar-refractivity contribution in [2.24, 2.45) is 0 Å². The summed E-state index contributed by atoms with van der Waals surface area (Å²) in [7, 11) is 0. The van der Waals surface area contributed by atoms with Gasteiger partial charge in [0, 0.05) is 25.0 Å². The van der Waals surface area contributed by atoms with E-state index in [0.29, 0.717) is 12.6 Å². The molecule has 2 aromatic rings. The zero-order valence-electron chi connectivity index (χ0n) is 12.5. The highest BCUT2D eigenvalue weighted by Gasteiger charge is 2.23. The number of nitrogens with one attached hydrogen (secondary N) is 1. The number of halogens is 1. The fraction of sp³-hybridized carbons (Fsp3) is 0.471. The van der Waals surface area contributed by atoms with E-state index in [2.05, 4.69) is 10.3 Å². The molecule has 1 aromatic heterocycles. The summed E-state index contributed by atoms with van der Waals surface area (Å²) in [5, 5.41) is 13.3. The Balaban J connectivity index is 1.73. The van der Waals surface area contributed by atoms with E-state index >= 15 is 0 Å². The number of hydrogen-bond donors (Lipinski definition) is 2. The van der Waals surface area contributed by atoms with E-state index in [1.807, 2.05) is 16.8 Å². The minimum Gasteiger partial charge on any atom is -0.393 e. The normalized spacial score (nSPS) is 23.4. The zero-order valence-corrected chi connectivity index (χ0v) is 12.5. The van der Waals surface area contributed by atoms with Gasteiger partial charge in [-0.3, -0.25) is 0 Å². The molecule has 1 fully saturated rings. The van der Waals surface area contributed by atoms with Gasteiger partial charge in [0.2, 0.25) is 0 Å². The second kappa shape index (κ2) is 7.03. The number of rotatable bonds is 5. The first kappa shape index (κ1) is 15.2. The van der Waals surface area contributed by atoms with Crippen LogP contribution >= 0.6 is 0 Å². The van der Waals surface area contributed by atoms with Crippen molar-refractivity contribution < 1.29 is 9.50 Å². The predicted molar refractivity (Wildman–Crippen MR) is 82.8 cm³/mol. The molecule has 1 aromatic carbocycles. The molecule has 0 spiro atoms. The molecule has 3 rings (SSSR count). The molecule has 0 radical (unpaired) electrons. The molecule has 1 aliphatic carbocycles. The molecular formula is C17H22FN3O. The van der Waals surface area contributed by atoms with Crippen LogP contribution in [0, 0.1) is 5.82 Å². The van der Waals surface area contributed by atoms with Gasteiger partial charge in [0.05, 0.1) is 18.5 Å². The van der Waals surface area contributed by atoms with Crippen LogP contribution in [0.3, 0.4) is 0 Å². The van der Waals surface area contributed by atoms with Gasteiger partial charge in [-0.1, -0.05) is 12.1 Å². The van der Waals surface area contributed by atoms with Crippen molar-refractivity contribution in [1.29, 1.82) is 0 Å². The van der Waals surface area contributed by atoms with Crippen molar-refractivity contribution in [1.82, 2.24) is 14.9 Å². The Hall–Kier alpha value is -1.72. The third-order valence-corrected chi connectivity index (χ3v) is 4.34. The van der Waals surface area contributed by atoms with Gasteiger partial charge in [0.15, 0.2) is 0 Å². The van der Waals surface area contributed by atoms with Gasteiger partial charge in [-0.2, -0.15) is 0 Å². The van der Waals surface area contributed by atoms with Crippen molar-refractivity contribution in [3.8, 4) is 0 Å². The fourth-order valence-corrected chi connectivity index (χ4v) is 3.11. The predicted octanol–water partition coefficient (Wildman–Crippen LogP) is 2.66. The fourth-order valence-electron chi connectivity index (χ4n) is 3.11. The Morgan fingerprint density at radius 3 is 2.82 bits per heavy atom. The summed E-state index contributed by atoms with van der Waals surface area (Å²) in [6.45, 7) is 0.711. The Bertz CT molecular complexity index is 579. The summed E-state index contributed by atoms with van der Waals surface area (Å²) in [6, 6.07) is 7.15. The summed E-state index contributed by atoms with van der Waals surface area (Å²) in [6.07, 6.45) is 8.85. The summed E-state index contributed by atoms with van der Waals surface area (Å²) in [5.74, 6) is -0.214. The molecule has 0 bridgehead atoms. The van der Waals surface area contributed by atoms with Gasteiger partial charge >= 0.3 is 0 Å². The first-order valence-corrected chi connectivity index (χ1v) is 7.86. The Kier molecular flexibility index (Phi) is 4.85. The molecule has 1 atom stereocenters. The molecule has 1 saturated carbocycles. The molecule has 0 aliphatic heterocycles. The molecule has 0 saturated heterocycles. The highest BCUT2D eigenvalue weighted by molar-refractivity contribution is 5.20. The van der Waals surface area contributed by atoms with Crippen molar-refractivity contribution in [2.45, 2.75) is 50.4 Å². The number of aliphatic hydroxyl groups is 1. The molecule has 1 heterocycles. The number of hydrogen-bond acceptors (Lipinski definition) is 3. The van der Waals surface area contributed by atoms with Crippen LogP contribution in [-0.2, 0) is 6.54 Å². The minimum absolute atomic E-state index is 0.0325. The van der Waals surface area contributed by atoms with Crippen LogP contribution in [0.4, 0.5) is 4.39 Å². The first-order chi connectivity index (χ1) is 10.7. The molecule has 0 unspecified atom stereocenters. The molecular weight excluding hydrogens is 281 g/mol. The van der Waals surface area contributed by atoms with Gasteiger partial charge < -0.3 is 15.0 Å². The minimum atomic E-state index is -0.214. The molecule has 118 valence electrons. The third-order valence-electron chi connectivity index (χ3n) is 4.34. The number of benzene rings is 1. The van der Waals surface area contributed by atoms with Crippen molar-refractivity contribution >= 4 is 0 Å². The molecule has 0 amide bonds. The van der Waals surface area contributed by atoms with Crippen LogP contribution in [0.5, 0.6) is 0 Å². The van der Waals surface area contributed by atoms with Crippen LogP contribution < -0.4 is 5.32 Å². The van der Waals surface area contributed by atoms with E-state index in [1.54, 1.807) is 24.7 Å². The van der Waals surface area contributed by atoms with Crippen molar-refractivity contribution in [3.05, 3.63) is 54.4 Å². The summed E-state index contributed by atoms with van der Waals surface area (Å²) < 4.78 is 15.6. The van der Waals surface area contributed by atoms with Crippen LogP contribution in [0.1, 0.15) is 37.3 Å². The number of imidazole rings is 1. The van der Waals surface area contributed by atoms with Gasteiger partial charge in [0.25, 0.3) is 0 Å². The first-order valence-electron chi connectivity index (χ1n) is 7.86. The molecule has 1 aliphatic rings. The van der Waals surface area contributed by atoms with Gasteiger partial charge in [-0.25, -0.2) is 9.37 Å². The van der Waals surface area contributed by atoms with Gasteiger partial charge in [-0.05, 0) is 43.4 Å². The largest absolute Gasteiger partial charge is 0.393 e. The lowest BCUT2D eigenvalue weighted by Crippen LogP contribution is -2.38. The highest BCUT2D eigenvalue weighted by atomic mass is 19.1. The highest BCUT2D eigenvalue weighted by Crippen LogP contribution is 2.23. The van der Waals surface area contributed by atoms with E-state index in [1.165, 1.54) is 6.07 Å². The summed E-state index contributed by atoms with van der Waals surface area (Å²) in [5.41, 5.74) is 0.944. The quantitative estimate of drug-likeness (QED) is 0.893. The molecule has 2 N–H and O–H groups in total. The average molecular weight is 303 g/mol. The lowest BCUT2D eigenvalue weighted by Gasteiger charge is -2.31. The smallest absolute Gasteiger partial charge is 0.123 e. The van der Waals surface area contributed by atoms with E-state index in [-0.39, 0.29) is 18.0 Å². The maximum Gasteiger partial charge on any atom is 0.123 e. The number of aromatic nitrogens is 2. The van der Waals surface area contributed by atoms with Gasteiger partial charge in [0.1, 0.15) is 5.82 Å². The SMILES string of the molecule is OC1CCC(N[C@H](Cn2ccnc2)c2cccc(F)c2)CC1. The third kappa shape index (κ3) is 3.93. The maximum absolute atomic E-state index is 13.6. The molecule has 4 nitrogen and oxygen atoms in total. The lowest BCUT2D eigenvalue weighted by molar-refractivity contribution is 0.113. The standard InChI is InChI=1S/C17H22FN3O/c18-14-3-1-2-13(10-14)17(11-21-9-8-19-12-21)20-15-4-6-16(22)7-5-15/h1-3,8-10,12,15-17,20,22H,4-7,11H2/t15?,16?,17-/m1/s1. The molecule has 22 heavy (non-hydrogen) atoms. The van der Waals surface area contributed by atoms with Crippen molar-refractivity contribution in [2.75, 3.05) is 0 Å². The Morgan fingerprint density at radius 1 is 1.32 bits per heavy atom. The van der Waals surface area contributed by atoms with E-state index in [0.717, 1.165) is 31.2 Å². The topological polar surface area (TPSA) is 50.1 Å². The van der Waals surface area contributed by atoms with Crippen LogP contribution in [0.25, 0.3) is 0 Å². The van der Waals surface area contributed by atoms with Gasteiger partial charge in [-0.15, -0.1) is 0 Å². The monoisotopic (exact) mass is 303 g/mol. The van der Waals surface area contributed by atoms with E-state index in [4.69, 9.17) is 0 Å². The Morgan fingerprint density at radius 2 is 2.14 bits per heavy atom. The van der Waals surface area contributed by atoms with E-state index in [9.17, 15) is 9.50 Å². The van der Waals surface area contributed by atoms with Crippen LogP contribution in [-0.4, -0.2) is 26.8 Å². The second-order valence-corrected chi connectivity index (χ2v) is 6.04. The second-order valence-electron chi connectivity index (χ2n) is 6.04. The Labute approximate surface area is 130 Å². The maximum atomic E-state index is 13.6. The van der Waals surface area contributed by atoms with E-state index < -0.39 is 0 Å². The summed E-state index contributed by atoms with van der Waals surface area (Å²) in [4.78, 5) is 4.07. The molecule has 5 heteroatoms.